The molecular formula is C26H21N. The fourth-order valence-electron chi connectivity index (χ4n) is 5.00. The predicted molar refractivity (Wildman–Crippen MR) is 115 cm³/mol. The molecule has 3 aromatic carbocycles. The summed E-state index contributed by atoms with van der Waals surface area (Å²) < 4.78 is 0. The van der Waals surface area contributed by atoms with Gasteiger partial charge in [-0.2, -0.15) is 0 Å². The summed E-state index contributed by atoms with van der Waals surface area (Å²) in [5.74, 6) is 0. The van der Waals surface area contributed by atoms with Gasteiger partial charge in [-0.1, -0.05) is 79.4 Å². The SMILES string of the molecule is C=C/C=C\C1=C(C)c2ccccc2C12c1ccccc1-c1ccc(N)cc12. The molecule has 0 saturated carbocycles. The summed E-state index contributed by atoms with van der Waals surface area (Å²) in [6.45, 7) is 6.11. The number of nitrogens with two attached hydrogens (primary N) is 1. The van der Waals surface area contributed by atoms with Crippen LogP contribution in [0.25, 0.3) is 16.7 Å². The van der Waals surface area contributed by atoms with Gasteiger partial charge in [0.25, 0.3) is 0 Å². The van der Waals surface area contributed by atoms with Crippen molar-refractivity contribution in [3.05, 3.63) is 119 Å². The van der Waals surface area contributed by atoms with Crippen LogP contribution in [0.2, 0.25) is 0 Å². The number of allylic oxidation sites excluding steroid dienone is 5. The van der Waals surface area contributed by atoms with Crippen LogP contribution in [0.1, 0.15) is 29.2 Å². The predicted octanol–water partition coefficient (Wildman–Crippen LogP) is 6.11. The van der Waals surface area contributed by atoms with Gasteiger partial charge in [-0.25, -0.2) is 0 Å². The first-order valence-electron chi connectivity index (χ1n) is 9.29. The average molecular weight is 347 g/mol. The highest BCUT2D eigenvalue weighted by atomic mass is 14.6. The minimum absolute atomic E-state index is 0.318. The molecular weight excluding hydrogens is 326 g/mol. The van der Waals surface area contributed by atoms with Gasteiger partial charge in [-0.3, -0.25) is 0 Å². The maximum atomic E-state index is 6.27. The third-order valence-electron chi connectivity index (χ3n) is 6.01. The van der Waals surface area contributed by atoms with E-state index in [-0.39, 0.29) is 5.41 Å². The van der Waals surface area contributed by atoms with Crippen LogP contribution < -0.4 is 5.73 Å². The Morgan fingerprint density at radius 1 is 0.815 bits per heavy atom. The van der Waals surface area contributed by atoms with Crippen molar-refractivity contribution in [2.24, 2.45) is 0 Å². The van der Waals surface area contributed by atoms with Crippen LogP contribution >= 0.6 is 0 Å². The zero-order chi connectivity index (χ0) is 18.6. The van der Waals surface area contributed by atoms with E-state index in [1.54, 1.807) is 0 Å². The number of nitrogen functional groups attached to an aromatic ring is 1. The second kappa shape index (κ2) is 5.59. The summed E-state index contributed by atoms with van der Waals surface area (Å²) in [5, 5.41) is 0. The molecule has 0 radical (unpaired) electrons. The molecule has 2 aliphatic rings. The summed E-state index contributed by atoms with van der Waals surface area (Å²) >= 11 is 0. The van der Waals surface area contributed by atoms with Crippen molar-refractivity contribution in [2.75, 3.05) is 5.73 Å². The van der Waals surface area contributed by atoms with Crippen LogP contribution in [0.3, 0.4) is 0 Å². The van der Waals surface area contributed by atoms with E-state index in [1.165, 1.54) is 44.5 Å². The van der Waals surface area contributed by atoms with Gasteiger partial charge in [-0.15, -0.1) is 0 Å². The van der Waals surface area contributed by atoms with Gasteiger partial charge in [-0.05, 0) is 63.6 Å². The van der Waals surface area contributed by atoms with Gasteiger partial charge in [0.05, 0.1) is 5.41 Å². The molecule has 3 aromatic rings. The molecule has 5 rings (SSSR count). The van der Waals surface area contributed by atoms with E-state index < -0.39 is 0 Å². The first-order chi connectivity index (χ1) is 13.2. The summed E-state index contributed by atoms with van der Waals surface area (Å²) in [6.07, 6.45) is 6.11. The second-order valence-electron chi connectivity index (χ2n) is 7.28. The summed E-state index contributed by atoms with van der Waals surface area (Å²) in [4.78, 5) is 0. The second-order valence-corrected chi connectivity index (χ2v) is 7.28. The number of fused-ring (bicyclic) bond motifs is 7. The first kappa shape index (κ1) is 15.9. The maximum absolute atomic E-state index is 6.27. The molecule has 1 spiro atoms. The van der Waals surface area contributed by atoms with Crippen LogP contribution in [0.15, 0.2) is 97.1 Å². The van der Waals surface area contributed by atoms with Gasteiger partial charge in [0, 0.05) is 5.69 Å². The molecule has 0 fully saturated rings. The summed E-state index contributed by atoms with van der Waals surface area (Å²) in [5.41, 5.74) is 17.2. The number of hydrogen-bond donors (Lipinski definition) is 1. The molecule has 0 amide bonds. The van der Waals surface area contributed by atoms with Crippen molar-refractivity contribution >= 4 is 11.3 Å². The van der Waals surface area contributed by atoms with Crippen LogP contribution in [-0.4, -0.2) is 0 Å². The normalized spacial score (nSPS) is 19.4. The Hall–Kier alpha value is -3.32. The Labute approximate surface area is 160 Å². The molecule has 0 heterocycles. The smallest absolute Gasteiger partial charge is 0.0722 e. The number of anilines is 1. The fourth-order valence-corrected chi connectivity index (χ4v) is 5.00. The lowest BCUT2D eigenvalue weighted by molar-refractivity contribution is 0.786. The largest absolute Gasteiger partial charge is 0.399 e. The molecule has 1 atom stereocenters. The van der Waals surface area contributed by atoms with Crippen LogP contribution in [0, 0.1) is 0 Å². The monoisotopic (exact) mass is 347 g/mol. The Morgan fingerprint density at radius 2 is 1.44 bits per heavy atom. The van der Waals surface area contributed by atoms with Gasteiger partial charge >= 0.3 is 0 Å². The lowest BCUT2D eigenvalue weighted by atomic mass is 9.69. The molecule has 1 heteroatoms. The van der Waals surface area contributed by atoms with Crippen molar-refractivity contribution in [1.29, 1.82) is 0 Å². The number of hydrogen-bond acceptors (Lipinski definition) is 1. The van der Waals surface area contributed by atoms with E-state index in [2.05, 4.69) is 80.2 Å². The van der Waals surface area contributed by atoms with Crippen molar-refractivity contribution < 1.29 is 0 Å². The minimum atomic E-state index is -0.318. The van der Waals surface area contributed by atoms with Crippen molar-refractivity contribution in [3.8, 4) is 11.1 Å². The molecule has 1 unspecified atom stereocenters. The molecule has 0 aliphatic heterocycles. The molecule has 0 saturated heterocycles. The average Bonchev–Trinajstić information content (AvgIpc) is 3.12. The highest BCUT2D eigenvalue weighted by Gasteiger charge is 2.51. The lowest BCUT2D eigenvalue weighted by Crippen LogP contribution is -2.26. The third-order valence-corrected chi connectivity index (χ3v) is 6.01. The van der Waals surface area contributed by atoms with Crippen LogP contribution in [-0.2, 0) is 5.41 Å². The molecule has 130 valence electrons. The lowest BCUT2D eigenvalue weighted by Gasteiger charge is -2.31. The van der Waals surface area contributed by atoms with Crippen molar-refractivity contribution in [3.63, 3.8) is 0 Å². The van der Waals surface area contributed by atoms with E-state index in [0.717, 1.165) is 5.69 Å². The van der Waals surface area contributed by atoms with E-state index in [1.807, 2.05) is 18.2 Å². The highest BCUT2D eigenvalue weighted by Crippen LogP contribution is 2.62. The standard InChI is InChI=1S/C26H21N/c1-3-4-11-22-17(2)19-9-5-7-12-23(19)26(22)24-13-8-6-10-20(24)21-15-14-18(27)16-25(21)26/h3-16H,1,27H2,2H3/b11-4-. The van der Waals surface area contributed by atoms with Crippen molar-refractivity contribution in [1.82, 2.24) is 0 Å². The Bertz CT molecular complexity index is 1160. The Morgan fingerprint density at radius 3 is 2.19 bits per heavy atom. The number of rotatable bonds is 2. The van der Waals surface area contributed by atoms with Crippen LogP contribution in [0.4, 0.5) is 5.69 Å². The maximum Gasteiger partial charge on any atom is 0.0722 e. The highest BCUT2D eigenvalue weighted by molar-refractivity contribution is 5.95. The van der Waals surface area contributed by atoms with Gasteiger partial charge in [0.2, 0.25) is 0 Å². The van der Waals surface area contributed by atoms with Gasteiger partial charge < -0.3 is 5.73 Å². The molecule has 27 heavy (non-hydrogen) atoms. The number of benzene rings is 3. The molecule has 2 aliphatic carbocycles. The summed E-state index contributed by atoms with van der Waals surface area (Å²) in [6, 6.07) is 23.8. The summed E-state index contributed by atoms with van der Waals surface area (Å²) in [7, 11) is 0. The Balaban J connectivity index is 2.00. The van der Waals surface area contributed by atoms with E-state index in [0.29, 0.717) is 0 Å². The molecule has 0 bridgehead atoms. The third kappa shape index (κ3) is 1.89. The van der Waals surface area contributed by atoms with Crippen LogP contribution in [0.5, 0.6) is 0 Å². The van der Waals surface area contributed by atoms with E-state index in [4.69, 9.17) is 5.73 Å². The molecule has 1 nitrogen and oxygen atoms in total. The topological polar surface area (TPSA) is 26.0 Å². The van der Waals surface area contributed by atoms with Gasteiger partial charge in [0.1, 0.15) is 0 Å². The Kier molecular flexibility index (Phi) is 3.29. The zero-order valence-corrected chi connectivity index (χ0v) is 15.4. The minimum Gasteiger partial charge on any atom is -0.399 e. The van der Waals surface area contributed by atoms with E-state index >= 15 is 0 Å². The molecule has 2 N–H and O–H groups in total. The quantitative estimate of drug-likeness (QED) is 0.439. The zero-order valence-electron chi connectivity index (χ0n) is 15.4. The van der Waals surface area contributed by atoms with E-state index in [9.17, 15) is 0 Å². The fraction of sp³-hybridized carbons (Fsp3) is 0.0769. The molecule has 0 aromatic heterocycles. The van der Waals surface area contributed by atoms with Crippen molar-refractivity contribution in [2.45, 2.75) is 12.3 Å². The first-order valence-corrected chi connectivity index (χ1v) is 9.29. The van der Waals surface area contributed by atoms with Gasteiger partial charge in [0.15, 0.2) is 0 Å².